The van der Waals surface area contributed by atoms with E-state index in [-0.39, 0.29) is 0 Å². The van der Waals surface area contributed by atoms with Crippen LogP contribution in [0.5, 0.6) is 0 Å². The van der Waals surface area contributed by atoms with Crippen molar-refractivity contribution in [2.75, 3.05) is 0 Å². The third kappa shape index (κ3) is 3.32. The average molecular weight is 283 g/mol. The third-order valence-corrected chi connectivity index (χ3v) is 4.69. The van der Waals surface area contributed by atoms with Gasteiger partial charge in [-0.2, -0.15) is 0 Å². The van der Waals surface area contributed by atoms with Crippen LogP contribution in [-0.4, -0.2) is 5.51 Å². The highest BCUT2D eigenvalue weighted by Gasteiger charge is 2.54. The van der Waals surface area contributed by atoms with Crippen molar-refractivity contribution in [2.45, 2.75) is 29.1 Å². The van der Waals surface area contributed by atoms with Gasteiger partial charge in [0, 0.05) is 0 Å². The van der Waals surface area contributed by atoms with Gasteiger partial charge in [0.1, 0.15) is 0 Å². The Morgan fingerprint density at radius 2 is 1.00 bits per heavy atom. The molecule has 0 N–H and O–H groups in total. The van der Waals surface area contributed by atoms with Crippen LogP contribution in [0.4, 0.5) is 13.2 Å². The van der Waals surface area contributed by atoms with E-state index in [0.29, 0.717) is 9.79 Å². The number of alkyl halides is 3. The minimum Gasteiger partial charge on any atom is -0.122 e. The summed E-state index contributed by atoms with van der Waals surface area (Å²) in [5.41, 5.74) is -2.35. The monoisotopic (exact) mass is 283 g/mol. The summed E-state index contributed by atoms with van der Waals surface area (Å²) in [5.74, 6) is 0. The number of rotatable bonds is 2. The van der Waals surface area contributed by atoms with Gasteiger partial charge < -0.3 is 0 Å². The van der Waals surface area contributed by atoms with Gasteiger partial charge in [-0.1, -0.05) is 35.4 Å². The van der Waals surface area contributed by atoms with Crippen molar-refractivity contribution in [2.24, 2.45) is 0 Å². The first-order valence-corrected chi connectivity index (χ1v) is 7.05. The summed E-state index contributed by atoms with van der Waals surface area (Å²) in [6.07, 6.45) is 0. The summed E-state index contributed by atoms with van der Waals surface area (Å²) in [4.78, 5) is 0.615. The first kappa shape index (κ1) is 14.0. The van der Waals surface area contributed by atoms with Crippen molar-refractivity contribution in [3.8, 4) is 0 Å². The van der Waals surface area contributed by atoms with Gasteiger partial charge in [0.05, 0.1) is 0 Å². The standard InChI is InChI=1S/C15H14F3S/c1-11-3-7-13(8-4-11)19(15(16,17)18)14-9-5-12(2)6-10-14/h3-10H,1-2H3/q+1. The van der Waals surface area contributed by atoms with Crippen molar-refractivity contribution in [3.05, 3.63) is 59.7 Å². The molecule has 0 unspecified atom stereocenters. The van der Waals surface area contributed by atoms with Crippen LogP contribution < -0.4 is 0 Å². The summed E-state index contributed by atoms with van der Waals surface area (Å²) < 4.78 is 39.9. The fourth-order valence-corrected chi connectivity index (χ4v) is 3.38. The van der Waals surface area contributed by atoms with Gasteiger partial charge in [0.2, 0.25) is 0 Å². The molecule has 4 heteroatoms. The SMILES string of the molecule is Cc1ccc([S+](c2ccc(C)cc2)C(F)(F)F)cc1. The first-order chi connectivity index (χ1) is 8.88. The van der Waals surface area contributed by atoms with E-state index in [9.17, 15) is 13.2 Å². The third-order valence-electron chi connectivity index (χ3n) is 2.74. The molecular weight excluding hydrogens is 269 g/mol. The zero-order chi connectivity index (χ0) is 14.0. The van der Waals surface area contributed by atoms with Crippen molar-refractivity contribution in [1.29, 1.82) is 0 Å². The molecule has 0 nitrogen and oxygen atoms in total. The molecule has 0 fully saturated rings. The number of hydrogen-bond acceptors (Lipinski definition) is 0. The first-order valence-electron chi connectivity index (χ1n) is 5.82. The van der Waals surface area contributed by atoms with Gasteiger partial charge in [-0.25, -0.2) is 0 Å². The highest BCUT2D eigenvalue weighted by Crippen LogP contribution is 2.38. The molecule has 2 aromatic carbocycles. The lowest BCUT2D eigenvalue weighted by molar-refractivity contribution is -0.0370. The molecular formula is C15H14F3S+. The normalized spacial score (nSPS) is 11.9. The van der Waals surface area contributed by atoms with E-state index in [0.717, 1.165) is 11.1 Å². The maximum atomic E-state index is 13.3. The lowest BCUT2D eigenvalue weighted by atomic mass is 10.2. The molecule has 19 heavy (non-hydrogen) atoms. The topological polar surface area (TPSA) is 0 Å². The van der Waals surface area contributed by atoms with E-state index in [4.69, 9.17) is 0 Å². The summed E-state index contributed by atoms with van der Waals surface area (Å²) in [5, 5.41) is 0. The smallest absolute Gasteiger partial charge is 0.122 e. The van der Waals surface area contributed by atoms with E-state index in [1.54, 1.807) is 48.5 Å². The molecule has 0 aromatic heterocycles. The molecule has 2 rings (SSSR count). The van der Waals surface area contributed by atoms with E-state index < -0.39 is 16.4 Å². The summed E-state index contributed by atoms with van der Waals surface area (Å²) in [6, 6.07) is 13.1. The Kier molecular flexibility index (Phi) is 3.90. The number of hydrogen-bond donors (Lipinski definition) is 0. The Labute approximate surface area is 113 Å². The van der Waals surface area contributed by atoms with Crippen molar-refractivity contribution < 1.29 is 13.2 Å². The Bertz CT molecular complexity index is 496. The molecule has 0 amide bonds. The summed E-state index contributed by atoms with van der Waals surface area (Å²) in [6.45, 7) is 3.72. The molecule has 0 saturated heterocycles. The van der Waals surface area contributed by atoms with E-state index in [1.165, 1.54) is 0 Å². The predicted molar refractivity (Wildman–Crippen MR) is 72.3 cm³/mol. The molecule has 0 spiro atoms. The van der Waals surface area contributed by atoms with E-state index in [1.807, 2.05) is 13.8 Å². The fourth-order valence-electron chi connectivity index (χ4n) is 1.75. The van der Waals surface area contributed by atoms with Crippen LogP contribution in [0.15, 0.2) is 58.3 Å². The Balaban J connectivity index is 2.47. The van der Waals surface area contributed by atoms with Gasteiger partial charge in [-0.15, -0.1) is 13.2 Å². The summed E-state index contributed by atoms with van der Waals surface area (Å²) in [7, 11) is -1.89. The lowest BCUT2D eigenvalue weighted by Gasteiger charge is -2.10. The molecule has 0 aliphatic rings. The number of halogens is 3. The van der Waals surface area contributed by atoms with Crippen molar-refractivity contribution >= 4 is 10.9 Å². The largest absolute Gasteiger partial charge is 0.586 e. The average Bonchev–Trinajstić information content (AvgIpc) is 2.33. The minimum atomic E-state index is -4.26. The molecule has 0 saturated carbocycles. The van der Waals surface area contributed by atoms with Crippen molar-refractivity contribution in [1.82, 2.24) is 0 Å². The van der Waals surface area contributed by atoms with E-state index >= 15 is 0 Å². The quantitative estimate of drug-likeness (QED) is 0.690. The second-order valence-corrected chi connectivity index (χ2v) is 6.40. The van der Waals surface area contributed by atoms with Crippen LogP contribution in [0.1, 0.15) is 11.1 Å². The van der Waals surface area contributed by atoms with Crippen molar-refractivity contribution in [3.63, 3.8) is 0 Å². The molecule has 0 aliphatic heterocycles. The minimum absolute atomic E-state index is 0.307. The lowest BCUT2D eigenvalue weighted by Crippen LogP contribution is -2.24. The molecule has 2 aromatic rings. The second-order valence-electron chi connectivity index (χ2n) is 4.38. The Morgan fingerprint density at radius 3 is 1.26 bits per heavy atom. The highest BCUT2D eigenvalue weighted by molar-refractivity contribution is 7.97. The van der Waals surface area contributed by atoms with Gasteiger partial charge in [-0.05, 0) is 38.1 Å². The fraction of sp³-hybridized carbons (Fsp3) is 0.200. The highest BCUT2D eigenvalue weighted by atomic mass is 32.2. The second kappa shape index (κ2) is 5.29. The number of benzene rings is 2. The predicted octanol–water partition coefficient (Wildman–Crippen LogP) is 4.86. The van der Waals surface area contributed by atoms with Gasteiger partial charge >= 0.3 is 5.51 Å². The van der Waals surface area contributed by atoms with Gasteiger partial charge in [-0.3, -0.25) is 0 Å². The van der Waals surface area contributed by atoms with Crippen LogP contribution in [0, 0.1) is 13.8 Å². The van der Waals surface area contributed by atoms with Gasteiger partial charge in [0.15, 0.2) is 20.7 Å². The Morgan fingerprint density at radius 1 is 0.684 bits per heavy atom. The van der Waals surface area contributed by atoms with E-state index in [2.05, 4.69) is 0 Å². The van der Waals surface area contributed by atoms with Crippen LogP contribution in [0.25, 0.3) is 0 Å². The van der Waals surface area contributed by atoms with Crippen LogP contribution >= 0.6 is 0 Å². The van der Waals surface area contributed by atoms with Crippen LogP contribution in [-0.2, 0) is 10.9 Å². The molecule has 0 bridgehead atoms. The molecule has 0 aliphatic carbocycles. The maximum absolute atomic E-state index is 13.3. The Hall–Kier alpha value is -1.42. The summed E-state index contributed by atoms with van der Waals surface area (Å²) >= 11 is 0. The van der Waals surface area contributed by atoms with Crippen LogP contribution in [0.3, 0.4) is 0 Å². The molecule has 100 valence electrons. The molecule has 0 radical (unpaired) electrons. The van der Waals surface area contributed by atoms with Crippen LogP contribution in [0.2, 0.25) is 0 Å². The van der Waals surface area contributed by atoms with Gasteiger partial charge in [0.25, 0.3) is 0 Å². The molecule has 0 atom stereocenters. The number of aryl methyl sites for hydroxylation is 2. The zero-order valence-electron chi connectivity index (χ0n) is 10.7. The molecule has 0 heterocycles. The maximum Gasteiger partial charge on any atom is 0.586 e. The zero-order valence-corrected chi connectivity index (χ0v) is 11.5.